The molecule has 0 aromatic heterocycles. The molecule has 0 aliphatic carbocycles. The Balaban J connectivity index is 1.71. The minimum atomic E-state index is 0.253. The summed E-state index contributed by atoms with van der Waals surface area (Å²) in [6.45, 7) is 8.76. The number of benzene rings is 1. The first-order valence-corrected chi connectivity index (χ1v) is 11.1. The number of aliphatic imine (C=N–C) groups is 1. The lowest BCUT2D eigenvalue weighted by atomic mass is 10.1. The van der Waals surface area contributed by atoms with Crippen molar-refractivity contribution in [1.82, 2.24) is 20.4 Å². The maximum absolute atomic E-state index is 12.4. The molecule has 1 heterocycles. The number of likely N-dealkylation sites (N-methyl/N-ethyl adjacent to an activating group) is 1. The molecule has 1 saturated heterocycles. The lowest BCUT2D eigenvalue weighted by Gasteiger charge is -2.17. The van der Waals surface area contributed by atoms with Crippen molar-refractivity contribution < 1.29 is 9.53 Å². The molecule has 30 heavy (non-hydrogen) atoms. The summed E-state index contributed by atoms with van der Waals surface area (Å²) in [7, 11) is 3.84. The highest BCUT2D eigenvalue weighted by atomic mass is 16.5. The molecular weight excluding hydrogens is 378 g/mol. The second-order valence-electron chi connectivity index (χ2n) is 7.94. The summed E-state index contributed by atoms with van der Waals surface area (Å²) in [6, 6.07) is 10.4. The molecule has 1 atom stereocenters. The van der Waals surface area contributed by atoms with E-state index >= 15 is 0 Å². The second kappa shape index (κ2) is 14.0. The summed E-state index contributed by atoms with van der Waals surface area (Å²) in [5.41, 5.74) is 1.28. The van der Waals surface area contributed by atoms with Gasteiger partial charge in [0, 0.05) is 58.7 Å². The summed E-state index contributed by atoms with van der Waals surface area (Å²) in [5.74, 6) is 1.39. The fourth-order valence-corrected chi connectivity index (χ4v) is 3.58. The number of amides is 1. The molecule has 168 valence electrons. The molecule has 0 saturated carbocycles. The monoisotopic (exact) mass is 417 g/mol. The highest BCUT2D eigenvalue weighted by Crippen LogP contribution is 2.18. The zero-order valence-corrected chi connectivity index (χ0v) is 18.9. The maximum Gasteiger partial charge on any atom is 0.223 e. The Morgan fingerprint density at radius 1 is 1.27 bits per heavy atom. The van der Waals surface area contributed by atoms with Gasteiger partial charge >= 0.3 is 0 Å². The lowest BCUT2D eigenvalue weighted by Crippen LogP contribution is -2.39. The molecule has 1 aliphatic rings. The highest BCUT2D eigenvalue weighted by Gasteiger charge is 2.28. The van der Waals surface area contributed by atoms with Gasteiger partial charge in [-0.05, 0) is 38.9 Å². The Hall–Kier alpha value is -2.12. The Bertz CT molecular complexity index is 638. The Morgan fingerprint density at radius 3 is 2.80 bits per heavy atom. The molecule has 2 rings (SSSR count). The van der Waals surface area contributed by atoms with Crippen LogP contribution in [-0.2, 0) is 16.0 Å². The number of ether oxygens (including phenoxy) is 1. The predicted octanol–water partition coefficient (Wildman–Crippen LogP) is 1.60. The van der Waals surface area contributed by atoms with Gasteiger partial charge in [0.25, 0.3) is 0 Å². The predicted molar refractivity (Wildman–Crippen MR) is 123 cm³/mol. The zero-order valence-electron chi connectivity index (χ0n) is 18.9. The molecule has 0 radical (unpaired) electrons. The van der Waals surface area contributed by atoms with Gasteiger partial charge < -0.3 is 25.2 Å². The standard InChI is InChI=1S/C23H39N5O2/c1-4-24-23(25-12-8-13-27(2)15-16-30-3)26-18-21-17-22(29)28(19-21)14-11-20-9-6-5-7-10-20/h5-7,9-10,21H,4,8,11-19H2,1-3H3,(H2,24,25,26). The van der Waals surface area contributed by atoms with Gasteiger partial charge in [-0.2, -0.15) is 0 Å². The number of carbonyl (C=O) groups is 1. The van der Waals surface area contributed by atoms with E-state index in [2.05, 4.69) is 41.6 Å². The Labute approximate surface area is 181 Å². The number of nitrogens with one attached hydrogen (secondary N) is 2. The van der Waals surface area contributed by atoms with Crippen molar-refractivity contribution in [2.24, 2.45) is 10.9 Å². The van der Waals surface area contributed by atoms with E-state index in [9.17, 15) is 4.79 Å². The van der Waals surface area contributed by atoms with Crippen molar-refractivity contribution >= 4 is 11.9 Å². The number of hydrogen-bond donors (Lipinski definition) is 2. The van der Waals surface area contributed by atoms with Gasteiger partial charge in [-0.15, -0.1) is 0 Å². The first kappa shape index (κ1) is 24.2. The van der Waals surface area contributed by atoms with Gasteiger partial charge in [0.1, 0.15) is 0 Å². The maximum atomic E-state index is 12.4. The van der Waals surface area contributed by atoms with Crippen molar-refractivity contribution in [3.63, 3.8) is 0 Å². The van der Waals surface area contributed by atoms with Crippen LogP contribution >= 0.6 is 0 Å². The van der Waals surface area contributed by atoms with Crippen LogP contribution in [0.3, 0.4) is 0 Å². The van der Waals surface area contributed by atoms with Crippen LogP contribution in [0.25, 0.3) is 0 Å². The summed E-state index contributed by atoms with van der Waals surface area (Å²) in [4.78, 5) is 21.3. The van der Waals surface area contributed by atoms with Crippen molar-refractivity contribution in [3.8, 4) is 0 Å². The molecule has 2 N–H and O–H groups in total. The first-order valence-electron chi connectivity index (χ1n) is 11.1. The molecule has 1 unspecified atom stereocenters. The molecule has 1 fully saturated rings. The molecule has 0 spiro atoms. The Kier molecular flexibility index (Phi) is 11.3. The number of carbonyl (C=O) groups excluding carboxylic acids is 1. The van der Waals surface area contributed by atoms with Gasteiger partial charge in [-0.1, -0.05) is 30.3 Å². The third kappa shape index (κ3) is 9.13. The van der Waals surface area contributed by atoms with E-state index in [1.54, 1.807) is 7.11 Å². The normalized spacial score (nSPS) is 17.1. The van der Waals surface area contributed by atoms with E-state index in [0.717, 1.165) is 64.7 Å². The van der Waals surface area contributed by atoms with Crippen LogP contribution < -0.4 is 10.6 Å². The molecule has 7 heteroatoms. The van der Waals surface area contributed by atoms with Gasteiger partial charge in [0.2, 0.25) is 5.91 Å². The highest BCUT2D eigenvalue weighted by molar-refractivity contribution is 5.80. The van der Waals surface area contributed by atoms with Crippen LogP contribution in [0.4, 0.5) is 0 Å². The van der Waals surface area contributed by atoms with Crippen LogP contribution in [0.2, 0.25) is 0 Å². The summed E-state index contributed by atoms with van der Waals surface area (Å²) < 4.78 is 5.11. The molecule has 7 nitrogen and oxygen atoms in total. The number of rotatable bonds is 13. The molecule has 1 amide bonds. The van der Waals surface area contributed by atoms with Gasteiger partial charge in [-0.3, -0.25) is 9.79 Å². The summed E-state index contributed by atoms with van der Waals surface area (Å²) in [6.07, 6.45) is 2.55. The van der Waals surface area contributed by atoms with Crippen molar-refractivity contribution in [2.75, 3.05) is 66.6 Å². The van der Waals surface area contributed by atoms with E-state index in [1.807, 2.05) is 23.1 Å². The van der Waals surface area contributed by atoms with Crippen LogP contribution in [0.1, 0.15) is 25.3 Å². The number of hydrogen-bond acceptors (Lipinski definition) is 4. The minimum Gasteiger partial charge on any atom is -0.383 e. The number of guanidine groups is 1. The molecule has 1 aromatic carbocycles. The average molecular weight is 418 g/mol. The number of likely N-dealkylation sites (tertiary alicyclic amines) is 1. The SMILES string of the molecule is CCNC(=NCC1CC(=O)N(CCc2ccccc2)C1)NCCCN(C)CCOC. The second-order valence-corrected chi connectivity index (χ2v) is 7.94. The lowest BCUT2D eigenvalue weighted by molar-refractivity contribution is -0.127. The summed E-state index contributed by atoms with van der Waals surface area (Å²) >= 11 is 0. The van der Waals surface area contributed by atoms with Crippen molar-refractivity contribution in [2.45, 2.75) is 26.2 Å². The Morgan fingerprint density at radius 2 is 2.07 bits per heavy atom. The average Bonchev–Trinajstić information content (AvgIpc) is 3.12. The fourth-order valence-electron chi connectivity index (χ4n) is 3.58. The van der Waals surface area contributed by atoms with Gasteiger partial charge in [-0.25, -0.2) is 0 Å². The topological polar surface area (TPSA) is 69.2 Å². The van der Waals surface area contributed by atoms with Gasteiger partial charge in [0.05, 0.1) is 6.61 Å². The van der Waals surface area contributed by atoms with E-state index in [0.29, 0.717) is 18.9 Å². The van der Waals surface area contributed by atoms with E-state index in [1.165, 1.54) is 5.56 Å². The minimum absolute atomic E-state index is 0.253. The van der Waals surface area contributed by atoms with E-state index in [4.69, 9.17) is 9.73 Å². The number of methoxy groups -OCH3 is 1. The molecule has 1 aliphatic heterocycles. The van der Waals surface area contributed by atoms with E-state index < -0.39 is 0 Å². The van der Waals surface area contributed by atoms with E-state index in [-0.39, 0.29) is 5.91 Å². The number of nitrogens with zero attached hydrogens (tertiary/aromatic N) is 3. The molecule has 1 aromatic rings. The van der Waals surface area contributed by atoms with Crippen LogP contribution in [0, 0.1) is 5.92 Å². The third-order valence-electron chi connectivity index (χ3n) is 5.35. The van der Waals surface area contributed by atoms with Crippen LogP contribution in [0.5, 0.6) is 0 Å². The zero-order chi connectivity index (χ0) is 21.6. The molecule has 0 bridgehead atoms. The first-order chi connectivity index (χ1) is 14.6. The van der Waals surface area contributed by atoms with Crippen LogP contribution in [-0.4, -0.2) is 88.2 Å². The largest absolute Gasteiger partial charge is 0.383 e. The quantitative estimate of drug-likeness (QED) is 0.290. The van der Waals surface area contributed by atoms with Crippen molar-refractivity contribution in [1.29, 1.82) is 0 Å². The van der Waals surface area contributed by atoms with Crippen molar-refractivity contribution in [3.05, 3.63) is 35.9 Å². The van der Waals surface area contributed by atoms with Crippen LogP contribution in [0.15, 0.2) is 35.3 Å². The summed E-state index contributed by atoms with van der Waals surface area (Å²) in [5, 5.41) is 6.71. The molecular formula is C23H39N5O2. The fraction of sp³-hybridized carbons (Fsp3) is 0.652. The van der Waals surface area contributed by atoms with Gasteiger partial charge in [0.15, 0.2) is 5.96 Å². The smallest absolute Gasteiger partial charge is 0.223 e. The third-order valence-corrected chi connectivity index (χ3v) is 5.35.